The highest BCUT2D eigenvalue weighted by Crippen LogP contribution is 2.60. The summed E-state index contributed by atoms with van der Waals surface area (Å²) < 4.78 is 12.1. The van der Waals surface area contributed by atoms with Crippen LogP contribution in [-0.2, 0) is 16.2 Å². The van der Waals surface area contributed by atoms with Gasteiger partial charge < -0.3 is 13.8 Å². The molecule has 0 bridgehead atoms. The summed E-state index contributed by atoms with van der Waals surface area (Å²) in [6.45, 7) is 18.8. The van der Waals surface area contributed by atoms with Gasteiger partial charge in [0.05, 0.1) is 11.0 Å². The van der Waals surface area contributed by atoms with E-state index in [0.29, 0.717) is 0 Å². The van der Waals surface area contributed by atoms with Crippen molar-refractivity contribution < 1.29 is 4.42 Å². The Morgan fingerprint density at radius 3 is 2.06 bits per heavy atom. The van der Waals surface area contributed by atoms with E-state index in [1.807, 2.05) is 11.3 Å². The van der Waals surface area contributed by atoms with E-state index in [2.05, 4.69) is 204 Å². The Balaban J connectivity index is 1.24. The molecule has 5 heteroatoms. The fourth-order valence-corrected chi connectivity index (χ4v) is 13.3. The van der Waals surface area contributed by atoms with Crippen molar-refractivity contribution >= 4 is 104 Å². The zero-order valence-corrected chi connectivity index (χ0v) is 38.4. The average molecular weight is 843 g/mol. The molecule has 0 saturated carbocycles. The first-order valence-electron chi connectivity index (χ1n) is 22.9. The first-order valence-corrected chi connectivity index (χ1v) is 23.7. The molecule has 0 N–H and O–H groups in total. The molecule has 0 amide bonds. The Morgan fingerprint density at radius 2 is 1.27 bits per heavy atom. The minimum atomic E-state index is -0.265. The third-order valence-electron chi connectivity index (χ3n) is 15.2. The highest BCUT2D eigenvalue weighted by Gasteiger charge is 2.50. The van der Waals surface area contributed by atoms with Crippen molar-refractivity contribution in [2.24, 2.45) is 0 Å². The molecule has 0 spiro atoms. The molecule has 64 heavy (non-hydrogen) atoms. The number of benzene rings is 8. The second-order valence-electron chi connectivity index (χ2n) is 21.3. The molecular formula is C59H47BN2OS. The van der Waals surface area contributed by atoms with E-state index < -0.39 is 0 Å². The fourth-order valence-electron chi connectivity index (χ4n) is 12.2. The number of para-hydroxylation sites is 1. The van der Waals surface area contributed by atoms with Crippen LogP contribution in [0.1, 0.15) is 77.6 Å². The summed E-state index contributed by atoms with van der Waals surface area (Å²) in [5.41, 5.74) is 21.4. The molecule has 0 saturated heterocycles. The molecule has 3 nitrogen and oxygen atoms in total. The normalized spacial score (nSPS) is 14.9. The second kappa shape index (κ2) is 12.0. The van der Waals surface area contributed by atoms with E-state index in [0.717, 1.165) is 21.9 Å². The Morgan fingerprint density at radius 1 is 0.562 bits per heavy atom. The van der Waals surface area contributed by atoms with Crippen molar-refractivity contribution in [2.75, 3.05) is 4.81 Å². The van der Waals surface area contributed by atoms with Crippen molar-refractivity contribution in [3.63, 3.8) is 0 Å². The summed E-state index contributed by atoms with van der Waals surface area (Å²) in [4.78, 5) is 2.70. The Labute approximate surface area is 377 Å². The lowest BCUT2D eigenvalue weighted by molar-refractivity contribution is 0.590. The number of anilines is 2. The largest absolute Gasteiger partial charge is 0.456 e. The topological polar surface area (TPSA) is 21.3 Å². The predicted octanol–water partition coefficient (Wildman–Crippen LogP) is 15.2. The van der Waals surface area contributed by atoms with Crippen molar-refractivity contribution in [1.29, 1.82) is 0 Å². The zero-order chi connectivity index (χ0) is 43.3. The molecule has 11 aromatic rings. The van der Waals surface area contributed by atoms with Gasteiger partial charge in [-0.15, -0.1) is 11.3 Å². The number of hydrogen-bond donors (Lipinski definition) is 0. The van der Waals surface area contributed by atoms with Crippen molar-refractivity contribution in [2.45, 2.75) is 71.6 Å². The Hall–Kier alpha value is -6.56. The summed E-state index contributed by atoms with van der Waals surface area (Å²) >= 11 is 1.92. The monoisotopic (exact) mass is 842 g/mol. The molecule has 14 rings (SSSR count). The summed E-state index contributed by atoms with van der Waals surface area (Å²) in [5, 5.41) is 7.62. The Bertz CT molecular complexity index is 3900. The van der Waals surface area contributed by atoms with Gasteiger partial charge in [-0.3, -0.25) is 0 Å². The van der Waals surface area contributed by atoms with Crippen LogP contribution in [0.3, 0.4) is 0 Å². The standard InChI is InChI=1S/C59H47BN2OS/c1-57(2,3)32-21-24-34(25-22-32)62-45-29-39-36-16-11-14-20-49(36)64-50(39)30-41(45)53-54-51(37-17-9-12-18-42(37)59(54,7)8)52-40-27-33(58(4,5)6)23-26-44(40)61-46-28-38-35-15-10-13-19-47(35)63-48(38)31-43(46)60(62)55(53)56(52)61/h9-31H,1-8H3. The van der Waals surface area contributed by atoms with E-state index >= 15 is 0 Å². The van der Waals surface area contributed by atoms with E-state index in [1.165, 1.54) is 114 Å². The van der Waals surface area contributed by atoms with Crippen LogP contribution < -0.4 is 15.7 Å². The van der Waals surface area contributed by atoms with Gasteiger partial charge in [0.15, 0.2) is 0 Å². The van der Waals surface area contributed by atoms with E-state index in [1.54, 1.807) is 0 Å². The Kier molecular flexibility index (Phi) is 6.89. The van der Waals surface area contributed by atoms with Crippen LogP contribution in [0.25, 0.3) is 91.9 Å². The maximum absolute atomic E-state index is 6.82. The minimum absolute atomic E-state index is 0.0236. The van der Waals surface area contributed by atoms with Gasteiger partial charge in [0.2, 0.25) is 0 Å². The average Bonchev–Trinajstić information content (AvgIpc) is 4.00. The van der Waals surface area contributed by atoms with Crippen LogP contribution in [-0.4, -0.2) is 11.4 Å². The van der Waals surface area contributed by atoms with Crippen LogP contribution in [0.5, 0.6) is 0 Å². The van der Waals surface area contributed by atoms with Crippen LogP contribution in [0, 0.1) is 0 Å². The van der Waals surface area contributed by atoms with Gasteiger partial charge in [-0.1, -0.05) is 134 Å². The van der Waals surface area contributed by atoms with Gasteiger partial charge in [0.25, 0.3) is 0 Å². The van der Waals surface area contributed by atoms with Gasteiger partial charge in [0, 0.05) is 69.8 Å². The van der Waals surface area contributed by atoms with E-state index in [-0.39, 0.29) is 23.1 Å². The molecule has 0 atom stereocenters. The summed E-state index contributed by atoms with van der Waals surface area (Å²) in [6.07, 6.45) is 0. The molecule has 5 heterocycles. The molecule has 308 valence electrons. The molecule has 1 aliphatic carbocycles. The molecule has 8 aromatic carbocycles. The van der Waals surface area contributed by atoms with E-state index in [4.69, 9.17) is 4.42 Å². The third-order valence-corrected chi connectivity index (χ3v) is 16.4. The quantitative estimate of drug-likeness (QED) is 0.154. The first kappa shape index (κ1) is 36.9. The molecule has 2 aliphatic heterocycles. The number of thiophene rings is 1. The number of fused-ring (bicyclic) bond motifs is 19. The smallest absolute Gasteiger partial charge is 0.333 e. The lowest BCUT2D eigenvalue weighted by Crippen LogP contribution is -2.61. The number of hydrogen-bond acceptors (Lipinski definition) is 3. The van der Waals surface area contributed by atoms with Crippen molar-refractivity contribution in [3.8, 4) is 27.9 Å². The first-order chi connectivity index (χ1) is 30.8. The number of rotatable bonds is 1. The van der Waals surface area contributed by atoms with Gasteiger partial charge >= 0.3 is 6.85 Å². The van der Waals surface area contributed by atoms with Gasteiger partial charge in [0.1, 0.15) is 11.2 Å². The fraction of sp³-hybridized carbons (Fsp3) is 0.186. The lowest BCUT2D eigenvalue weighted by atomic mass is 9.43. The molecule has 3 aliphatic rings. The van der Waals surface area contributed by atoms with Crippen molar-refractivity contribution in [3.05, 3.63) is 162 Å². The lowest BCUT2D eigenvalue weighted by Gasteiger charge is -2.44. The molecular weight excluding hydrogens is 796 g/mol. The molecule has 3 aromatic heterocycles. The van der Waals surface area contributed by atoms with Gasteiger partial charge in [-0.2, -0.15) is 0 Å². The van der Waals surface area contributed by atoms with Crippen molar-refractivity contribution in [1.82, 2.24) is 4.57 Å². The number of furan rings is 1. The second-order valence-corrected chi connectivity index (χ2v) is 22.4. The van der Waals surface area contributed by atoms with Crippen LogP contribution in [0.15, 0.2) is 144 Å². The summed E-state index contributed by atoms with van der Waals surface area (Å²) in [6, 6.07) is 53.5. The number of nitrogens with zero attached hydrogens (tertiary/aromatic N) is 2. The minimum Gasteiger partial charge on any atom is -0.456 e. The third kappa shape index (κ3) is 4.58. The van der Waals surface area contributed by atoms with Crippen LogP contribution in [0.4, 0.5) is 11.4 Å². The zero-order valence-electron chi connectivity index (χ0n) is 37.6. The molecule has 0 fully saturated rings. The number of aromatic nitrogens is 1. The van der Waals surface area contributed by atoms with Gasteiger partial charge in [-0.25, -0.2) is 0 Å². The van der Waals surface area contributed by atoms with Crippen LogP contribution in [0.2, 0.25) is 0 Å². The SMILES string of the molecule is CC(C)(C)c1ccc(N2B3c4cc5oc6ccccc6c5cc4-n4c5ccc(C(C)(C)C)cc5c5c6c(c(c3c54)-c3cc4sc5ccccc5c4cc32)C(C)(C)c2ccccc2-6)cc1. The highest BCUT2D eigenvalue weighted by atomic mass is 32.1. The predicted molar refractivity (Wildman–Crippen MR) is 275 cm³/mol. The van der Waals surface area contributed by atoms with E-state index in [9.17, 15) is 0 Å². The maximum Gasteiger partial charge on any atom is 0.333 e. The molecule has 0 unspecified atom stereocenters. The van der Waals surface area contributed by atoms with Gasteiger partial charge in [-0.05, 0) is 121 Å². The van der Waals surface area contributed by atoms with Crippen LogP contribution >= 0.6 is 11.3 Å². The summed E-state index contributed by atoms with van der Waals surface area (Å²) in [7, 11) is 0. The highest BCUT2D eigenvalue weighted by molar-refractivity contribution is 7.25. The maximum atomic E-state index is 6.82. The molecule has 0 radical (unpaired) electrons. The summed E-state index contributed by atoms with van der Waals surface area (Å²) in [5.74, 6) is 0.